The molecule has 5 atom stereocenters. The van der Waals surface area contributed by atoms with Gasteiger partial charge in [-0.3, -0.25) is 4.79 Å². The fourth-order valence-corrected chi connectivity index (χ4v) is 4.19. The Hall–Kier alpha value is -0.280. The summed E-state index contributed by atoms with van der Waals surface area (Å²) in [4.78, 5) is 14.8. The summed E-state index contributed by atoms with van der Waals surface area (Å²) in [6.45, 7) is 6.53. The third kappa shape index (κ3) is 3.14. The van der Waals surface area contributed by atoms with Crippen LogP contribution >= 0.6 is 12.4 Å². The minimum absolute atomic E-state index is 0. The number of amides is 1. The average Bonchev–Trinajstić information content (AvgIpc) is 2.85. The Morgan fingerprint density at radius 1 is 1.10 bits per heavy atom. The zero-order valence-corrected chi connectivity index (χ0v) is 13.6. The van der Waals surface area contributed by atoms with Crippen LogP contribution < -0.4 is 5.32 Å². The van der Waals surface area contributed by atoms with E-state index in [4.69, 9.17) is 0 Å². The van der Waals surface area contributed by atoms with E-state index in [0.717, 1.165) is 31.3 Å². The molecule has 0 aromatic rings. The SMILES string of the molecule is CC1CCN(C(=O)C2CC3CCCCC3N2)CC1C.Cl. The number of carbonyl (C=O) groups excluding carboxylic acids is 1. The minimum atomic E-state index is 0. The second-order valence-electron chi connectivity index (χ2n) is 7.13. The number of fused-ring (bicyclic) bond motifs is 1. The maximum Gasteiger partial charge on any atom is 0.239 e. The van der Waals surface area contributed by atoms with E-state index in [1.54, 1.807) is 0 Å². The molecular formula is C16H29ClN2O. The van der Waals surface area contributed by atoms with Gasteiger partial charge in [0.1, 0.15) is 0 Å². The summed E-state index contributed by atoms with van der Waals surface area (Å²) >= 11 is 0. The van der Waals surface area contributed by atoms with Crippen LogP contribution in [0.4, 0.5) is 0 Å². The van der Waals surface area contributed by atoms with Crippen molar-refractivity contribution in [2.45, 2.75) is 64.5 Å². The number of piperidine rings is 1. The molecule has 1 amide bonds. The standard InChI is InChI=1S/C16H28N2O.ClH/c1-11-7-8-18(10-12(11)2)16(19)15-9-13-5-3-4-6-14(13)17-15;/h11-15,17H,3-10H2,1-2H3;1H. The highest BCUT2D eigenvalue weighted by molar-refractivity contribution is 5.85. The number of carbonyl (C=O) groups is 1. The molecule has 0 spiro atoms. The lowest BCUT2D eigenvalue weighted by atomic mass is 9.85. The monoisotopic (exact) mass is 300 g/mol. The Bertz CT molecular complexity index is 335. The van der Waals surface area contributed by atoms with Crippen molar-refractivity contribution in [2.24, 2.45) is 17.8 Å². The Balaban J connectivity index is 0.00000147. The van der Waals surface area contributed by atoms with Gasteiger partial charge in [0.25, 0.3) is 0 Å². The lowest BCUT2D eigenvalue weighted by Crippen LogP contribution is -2.50. The molecule has 2 saturated heterocycles. The van der Waals surface area contributed by atoms with Gasteiger partial charge in [-0.1, -0.05) is 26.7 Å². The quantitative estimate of drug-likeness (QED) is 0.807. The smallest absolute Gasteiger partial charge is 0.239 e. The average molecular weight is 301 g/mol. The molecule has 0 aromatic carbocycles. The predicted molar refractivity (Wildman–Crippen MR) is 84.1 cm³/mol. The van der Waals surface area contributed by atoms with E-state index in [-0.39, 0.29) is 18.4 Å². The lowest BCUT2D eigenvalue weighted by Gasteiger charge is -2.36. The summed E-state index contributed by atoms with van der Waals surface area (Å²) in [5.74, 6) is 2.57. The number of rotatable bonds is 1. The molecule has 1 aliphatic carbocycles. The fourth-order valence-electron chi connectivity index (χ4n) is 4.19. The molecule has 3 fully saturated rings. The minimum Gasteiger partial charge on any atom is -0.341 e. The van der Waals surface area contributed by atoms with Crippen LogP contribution in [0.25, 0.3) is 0 Å². The van der Waals surface area contributed by atoms with Crippen molar-refractivity contribution in [3.8, 4) is 0 Å². The molecule has 5 unspecified atom stereocenters. The van der Waals surface area contributed by atoms with Crippen LogP contribution in [0.5, 0.6) is 0 Å². The molecule has 3 aliphatic rings. The van der Waals surface area contributed by atoms with Gasteiger partial charge in [-0.05, 0) is 43.4 Å². The third-order valence-electron chi connectivity index (χ3n) is 5.81. The first-order valence-electron chi connectivity index (χ1n) is 8.20. The van der Waals surface area contributed by atoms with Gasteiger partial charge >= 0.3 is 0 Å². The number of halogens is 1. The highest BCUT2D eigenvalue weighted by Gasteiger charge is 2.40. The van der Waals surface area contributed by atoms with Crippen LogP contribution in [-0.2, 0) is 4.79 Å². The first kappa shape index (κ1) is 16.1. The first-order valence-corrected chi connectivity index (χ1v) is 8.20. The molecule has 20 heavy (non-hydrogen) atoms. The number of nitrogens with one attached hydrogen (secondary N) is 1. The lowest BCUT2D eigenvalue weighted by molar-refractivity contribution is -0.135. The first-order chi connectivity index (χ1) is 9.15. The van der Waals surface area contributed by atoms with Gasteiger partial charge in [-0.2, -0.15) is 0 Å². The zero-order valence-electron chi connectivity index (χ0n) is 12.8. The summed E-state index contributed by atoms with van der Waals surface area (Å²) in [5, 5.41) is 3.62. The van der Waals surface area contributed by atoms with Crippen LogP contribution in [0.1, 0.15) is 52.4 Å². The van der Waals surface area contributed by atoms with Crippen molar-refractivity contribution in [3.63, 3.8) is 0 Å². The van der Waals surface area contributed by atoms with Gasteiger partial charge in [0, 0.05) is 19.1 Å². The zero-order chi connectivity index (χ0) is 13.4. The summed E-state index contributed by atoms with van der Waals surface area (Å²) in [7, 11) is 0. The summed E-state index contributed by atoms with van der Waals surface area (Å²) in [6, 6.07) is 0.748. The third-order valence-corrected chi connectivity index (χ3v) is 5.81. The van der Waals surface area contributed by atoms with Crippen molar-refractivity contribution in [1.82, 2.24) is 10.2 Å². The van der Waals surface area contributed by atoms with Crippen LogP contribution in [0, 0.1) is 17.8 Å². The molecule has 2 aliphatic heterocycles. The normalized spacial score (nSPS) is 40.9. The Labute approximate surface area is 129 Å². The van der Waals surface area contributed by atoms with Gasteiger partial charge in [0.05, 0.1) is 6.04 Å². The van der Waals surface area contributed by atoms with E-state index in [1.165, 1.54) is 32.1 Å². The highest BCUT2D eigenvalue weighted by atomic mass is 35.5. The molecule has 1 N–H and O–H groups in total. The summed E-state index contributed by atoms with van der Waals surface area (Å²) < 4.78 is 0. The maximum atomic E-state index is 12.7. The molecule has 3 rings (SSSR count). The van der Waals surface area contributed by atoms with Gasteiger partial charge in [-0.25, -0.2) is 0 Å². The van der Waals surface area contributed by atoms with Crippen LogP contribution in [0.2, 0.25) is 0 Å². The van der Waals surface area contributed by atoms with Crippen LogP contribution in [-0.4, -0.2) is 36.0 Å². The fraction of sp³-hybridized carbons (Fsp3) is 0.938. The number of hydrogen-bond acceptors (Lipinski definition) is 2. The molecule has 0 bridgehead atoms. The van der Waals surface area contributed by atoms with Crippen molar-refractivity contribution in [3.05, 3.63) is 0 Å². The highest BCUT2D eigenvalue weighted by Crippen LogP contribution is 2.34. The second kappa shape index (κ2) is 6.65. The van der Waals surface area contributed by atoms with Gasteiger partial charge in [0.2, 0.25) is 5.91 Å². The van der Waals surface area contributed by atoms with E-state index < -0.39 is 0 Å². The number of hydrogen-bond donors (Lipinski definition) is 1. The van der Waals surface area contributed by atoms with E-state index >= 15 is 0 Å². The molecule has 116 valence electrons. The van der Waals surface area contributed by atoms with E-state index in [0.29, 0.717) is 17.9 Å². The Morgan fingerprint density at radius 3 is 2.55 bits per heavy atom. The molecule has 2 heterocycles. The van der Waals surface area contributed by atoms with E-state index in [1.807, 2.05) is 0 Å². The van der Waals surface area contributed by atoms with Gasteiger partial charge in [-0.15, -0.1) is 12.4 Å². The summed E-state index contributed by atoms with van der Waals surface area (Å²) in [5.41, 5.74) is 0. The van der Waals surface area contributed by atoms with Crippen molar-refractivity contribution in [2.75, 3.05) is 13.1 Å². The molecule has 3 nitrogen and oxygen atoms in total. The Morgan fingerprint density at radius 2 is 1.85 bits per heavy atom. The molecule has 0 aromatic heterocycles. The van der Waals surface area contributed by atoms with E-state index in [2.05, 4.69) is 24.1 Å². The van der Waals surface area contributed by atoms with Gasteiger partial charge < -0.3 is 10.2 Å². The second-order valence-corrected chi connectivity index (χ2v) is 7.13. The molecule has 4 heteroatoms. The molecule has 1 saturated carbocycles. The predicted octanol–water partition coefficient (Wildman–Crippen LogP) is 2.83. The number of nitrogens with zero attached hydrogens (tertiary/aromatic N) is 1. The van der Waals surface area contributed by atoms with E-state index in [9.17, 15) is 4.79 Å². The van der Waals surface area contributed by atoms with Crippen molar-refractivity contribution >= 4 is 18.3 Å². The number of likely N-dealkylation sites (tertiary alicyclic amines) is 1. The van der Waals surface area contributed by atoms with Gasteiger partial charge in [0.15, 0.2) is 0 Å². The topological polar surface area (TPSA) is 32.3 Å². The van der Waals surface area contributed by atoms with Crippen molar-refractivity contribution < 1.29 is 4.79 Å². The Kier molecular flexibility index (Phi) is 5.36. The van der Waals surface area contributed by atoms with Crippen LogP contribution in [0.15, 0.2) is 0 Å². The summed E-state index contributed by atoms with van der Waals surface area (Å²) in [6.07, 6.45) is 7.57. The largest absolute Gasteiger partial charge is 0.341 e. The van der Waals surface area contributed by atoms with Crippen LogP contribution in [0.3, 0.4) is 0 Å². The molecular weight excluding hydrogens is 272 g/mol. The van der Waals surface area contributed by atoms with Crippen molar-refractivity contribution in [1.29, 1.82) is 0 Å². The maximum absolute atomic E-state index is 12.7. The molecule has 0 radical (unpaired) electrons.